The van der Waals surface area contributed by atoms with Crippen molar-refractivity contribution >= 4 is 17.3 Å². The number of aliphatic hydroxyl groups is 1. The molecule has 0 saturated carbocycles. The molecule has 2 heterocycles. The number of hydrogen-bond acceptors (Lipinski definition) is 9. The van der Waals surface area contributed by atoms with Gasteiger partial charge in [-0.2, -0.15) is 0 Å². The van der Waals surface area contributed by atoms with Gasteiger partial charge in [0.25, 0.3) is 5.69 Å². The Morgan fingerprint density at radius 3 is 2.59 bits per heavy atom. The minimum absolute atomic E-state index is 0.155. The number of benzene rings is 2. The lowest BCUT2D eigenvalue weighted by Gasteiger charge is -2.52. The van der Waals surface area contributed by atoms with Crippen molar-refractivity contribution in [2.24, 2.45) is 0 Å². The Morgan fingerprint density at radius 1 is 1.24 bits per heavy atom. The van der Waals surface area contributed by atoms with Gasteiger partial charge in [-0.1, -0.05) is 18.2 Å². The zero-order chi connectivity index (χ0) is 24.6. The molecular weight excluding hydrogens is 444 g/mol. The first-order chi connectivity index (χ1) is 16.3. The van der Waals surface area contributed by atoms with Crippen molar-refractivity contribution in [3.63, 3.8) is 0 Å². The molecule has 0 amide bonds. The molecule has 0 bridgehead atoms. The lowest BCUT2D eigenvalue weighted by atomic mass is 9.81. The maximum atomic E-state index is 12.9. The highest BCUT2D eigenvalue weighted by molar-refractivity contribution is 5.82. The third-order valence-corrected chi connectivity index (χ3v) is 6.70. The molecule has 182 valence electrons. The van der Waals surface area contributed by atoms with Gasteiger partial charge in [-0.05, 0) is 37.5 Å². The number of nitro benzene ring substituents is 1. The summed E-state index contributed by atoms with van der Waals surface area (Å²) in [6.07, 6.45) is -1.17. The number of carbonyl (C=O) groups is 1. The normalized spacial score (nSPS) is 25.8. The van der Waals surface area contributed by atoms with E-state index in [0.29, 0.717) is 24.2 Å². The molecule has 1 N–H and O–H groups in total. The smallest absolute Gasteiger partial charge is 0.328 e. The van der Waals surface area contributed by atoms with Crippen LogP contribution in [0.4, 0.5) is 11.4 Å². The minimum atomic E-state index is -1.40. The van der Waals surface area contributed by atoms with E-state index in [0.717, 1.165) is 11.3 Å². The van der Waals surface area contributed by atoms with Crippen molar-refractivity contribution in [2.45, 2.75) is 49.8 Å². The Labute approximate surface area is 197 Å². The molecule has 4 atom stereocenters. The molecule has 0 aromatic heterocycles. The SMILES string of the molecule is COC(=O)[C@H]1CCc2ccccc2N1[C@@H]1c2cc([N+](=O)[O-])ccc2O[C@](C)(C(OC)OC)[C@H]1O. The van der Waals surface area contributed by atoms with Gasteiger partial charge in [-0.3, -0.25) is 10.1 Å². The van der Waals surface area contributed by atoms with Crippen molar-refractivity contribution < 1.29 is 33.8 Å². The molecule has 10 nitrogen and oxygen atoms in total. The van der Waals surface area contributed by atoms with Crippen LogP contribution in [0.1, 0.15) is 30.5 Å². The average molecular weight is 472 g/mol. The van der Waals surface area contributed by atoms with Gasteiger partial charge in [0.15, 0.2) is 11.9 Å². The highest BCUT2D eigenvalue weighted by Gasteiger charge is 2.56. The summed E-state index contributed by atoms with van der Waals surface area (Å²) in [6.45, 7) is 1.65. The van der Waals surface area contributed by atoms with Crippen LogP contribution in [0.3, 0.4) is 0 Å². The molecule has 2 aliphatic heterocycles. The number of aliphatic hydroxyl groups excluding tert-OH is 1. The molecule has 2 aromatic rings. The van der Waals surface area contributed by atoms with Gasteiger partial charge >= 0.3 is 5.97 Å². The number of hydrogen-bond donors (Lipinski definition) is 1. The summed E-state index contributed by atoms with van der Waals surface area (Å²) < 4.78 is 22.2. The van der Waals surface area contributed by atoms with E-state index in [1.165, 1.54) is 39.5 Å². The van der Waals surface area contributed by atoms with Crippen LogP contribution in [0.15, 0.2) is 42.5 Å². The Balaban J connectivity index is 1.97. The molecular formula is C24H28N2O8. The lowest BCUT2D eigenvalue weighted by Crippen LogP contribution is -2.64. The van der Waals surface area contributed by atoms with Crippen molar-refractivity contribution in [2.75, 3.05) is 26.2 Å². The number of fused-ring (bicyclic) bond motifs is 2. The molecule has 0 unspecified atom stereocenters. The second-order valence-corrected chi connectivity index (χ2v) is 8.57. The number of methoxy groups -OCH3 is 3. The molecule has 0 spiro atoms. The van der Waals surface area contributed by atoms with Gasteiger partial charge in [-0.15, -0.1) is 0 Å². The number of aryl methyl sites for hydroxylation is 1. The summed E-state index contributed by atoms with van der Waals surface area (Å²) in [5, 5.41) is 23.4. The molecule has 10 heteroatoms. The van der Waals surface area contributed by atoms with Crippen LogP contribution in [0, 0.1) is 10.1 Å². The molecule has 34 heavy (non-hydrogen) atoms. The number of anilines is 1. The van der Waals surface area contributed by atoms with Crippen LogP contribution in [0.2, 0.25) is 0 Å². The predicted octanol–water partition coefficient (Wildman–Crippen LogP) is 2.76. The Hall–Kier alpha value is -3.21. The van der Waals surface area contributed by atoms with Gasteiger partial charge in [-0.25, -0.2) is 4.79 Å². The van der Waals surface area contributed by atoms with Crippen LogP contribution >= 0.6 is 0 Å². The van der Waals surface area contributed by atoms with E-state index < -0.39 is 41.0 Å². The standard InChI is InChI=1S/C24H28N2O8/c1-24(23(32-3)33-4)21(27)20(16-13-15(26(29)30)10-12-19(16)34-24)25-17-8-6-5-7-14(17)9-11-18(25)22(28)31-2/h5-8,10,12-13,18,20-21,23,27H,9,11H2,1-4H3/t18-,20-,21+,24+/m1/s1. The predicted molar refractivity (Wildman–Crippen MR) is 122 cm³/mol. The highest BCUT2D eigenvalue weighted by Crippen LogP contribution is 2.49. The molecule has 0 fully saturated rings. The third kappa shape index (κ3) is 3.77. The number of nitro groups is 1. The highest BCUT2D eigenvalue weighted by atomic mass is 16.7. The van der Waals surface area contributed by atoms with Crippen LogP contribution in [0.25, 0.3) is 0 Å². The Kier molecular flexibility index (Phi) is 6.48. The van der Waals surface area contributed by atoms with Crippen molar-refractivity contribution in [1.29, 1.82) is 0 Å². The summed E-state index contributed by atoms with van der Waals surface area (Å²) in [6, 6.07) is 10.2. The molecule has 2 aliphatic rings. The minimum Gasteiger partial charge on any atom is -0.479 e. The van der Waals surface area contributed by atoms with E-state index in [1.807, 2.05) is 24.3 Å². The zero-order valence-corrected chi connectivity index (χ0v) is 19.5. The lowest BCUT2D eigenvalue weighted by molar-refractivity contribution is -0.385. The number of rotatable bonds is 6. The first-order valence-corrected chi connectivity index (χ1v) is 10.9. The third-order valence-electron chi connectivity index (χ3n) is 6.70. The van der Waals surface area contributed by atoms with Crippen LogP contribution in [-0.4, -0.2) is 61.4 Å². The zero-order valence-electron chi connectivity index (χ0n) is 19.5. The van der Waals surface area contributed by atoms with E-state index in [2.05, 4.69) is 0 Å². The molecule has 0 aliphatic carbocycles. The van der Waals surface area contributed by atoms with Gasteiger partial charge in [0.05, 0.1) is 18.1 Å². The maximum absolute atomic E-state index is 12.9. The number of carbonyl (C=O) groups excluding carboxylic acids is 1. The van der Waals surface area contributed by atoms with Crippen molar-refractivity contribution in [3.8, 4) is 5.75 Å². The van der Waals surface area contributed by atoms with Gasteiger partial charge < -0.3 is 29.0 Å². The second kappa shape index (κ2) is 9.21. The summed E-state index contributed by atoms with van der Waals surface area (Å²) in [7, 11) is 4.18. The number of non-ortho nitro benzene ring substituents is 1. The van der Waals surface area contributed by atoms with Crippen LogP contribution in [0.5, 0.6) is 5.75 Å². The quantitative estimate of drug-likeness (QED) is 0.293. The Morgan fingerprint density at radius 2 is 1.94 bits per heavy atom. The van der Waals surface area contributed by atoms with Crippen LogP contribution in [-0.2, 0) is 25.4 Å². The first-order valence-electron chi connectivity index (χ1n) is 10.9. The fourth-order valence-electron chi connectivity index (χ4n) is 5.09. The summed E-state index contributed by atoms with van der Waals surface area (Å²) in [5.74, 6) is -0.133. The van der Waals surface area contributed by atoms with Gasteiger partial charge in [0.2, 0.25) is 0 Å². The van der Waals surface area contributed by atoms with Crippen LogP contribution < -0.4 is 9.64 Å². The van der Waals surface area contributed by atoms with E-state index >= 15 is 0 Å². The van der Waals surface area contributed by atoms with E-state index in [4.69, 9.17) is 18.9 Å². The Bertz CT molecular complexity index is 1090. The summed E-state index contributed by atoms with van der Waals surface area (Å²) in [4.78, 5) is 25.8. The maximum Gasteiger partial charge on any atom is 0.328 e. The van der Waals surface area contributed by atoms with Crippen molar-refractivity contribution in [3.05, 3.63) is 63.7 Å². The average Bonchev–Trinajstić information content (AvgIpc) is 2.84. The topological polar surface area (TPSA) is 121 Å². The molecule has 0 saturated heterocycles. The van der Waals surface area contributed by atoms with E-state index in [-0.39, 0.29) is 5.69 Å². The molecule has 4 rings (SSSR count). The van der Waals surface area contributed by atoms with Gasteiger partial charge in [0.1, 0.15) is 17.9 Å². The molecule has 2 aromatic carbocycles. The first kappa shape index (κ1) is 23.9. The summed E-state index contributed by atoms with van der Waals surface area (Å²) >= 11 is 0. The number of para-hydroxylation sites is 1. The fourth-order valence-corrected chi connectivity index (χ4v) is 5.09. The molecule has 0 radical (unpaired) electrons. The van der Waals surface area contributed by atoms with E-state index in [9.17, 15) is 20.0 Å². The van der Waals surface area contributed by atoms with Gasteiger partial charge in [0, 0.05) is 37.6 Å². The van der Waals surface area contributed by atoms with Crippen molar-refractivity contribution in [1.82, 2.24) is 0 Å². The number of esters is 1. The fraction of sp³-hybridized carbons (Fsp3) is 0.458. The second-order valence-electron chi connectivity index (χ2n) is 8.57. The number of ether oxygens (including phenoxy) is 4. The monoisotopic (exact) mass is 472 g/mol. The van der Waals surface area contributed by atoms with E-state index in [1.54, 1.807) is 11.8 Å². The summed E-state index contributed by atoms with van der Waals surface area (Å²) in [5.41, 5.74) is 0.560. The largest absolute Gasteiger partial charge is 0.479 e. The number of nitrogens with zero attached hydrogens (tertiary/aromatic N) is 2.